The summed E-state index contributed by atoms with van der Waals surface area (Å²) in [4.78, 5) is 12.7. The molecule has 3 rings (SSSR count). The first kappa shape index (κ1) is 25.6. The number of ether oxygens (including phenoxy) is 2. The van der Waals surface area contributed by atoms with Crippen LogP contribution in [0.25, 0.3) is 6.08 Å². The van der Waals surface area contributed by atoms with Crippen molar-refractivity contribution in [2.24, 2.45) is 0 Å². The molecule has 35 heavy (non-hydrogen) atoms. The van der Waals surface area contributed by atoms with Gasteiger partial charge in [0.1, 0.15) is 18.2 Å². The van der Waals surface area contributed by atoms with Crippen molar-refractivity contribution in [2.75, 3.05) is 6.61 Å². The van der Waals surface area contributed by atoms with E-state index in [0.29, 0.717) is 33.7 Å². The summed E-state index contributed by atoms with van der Waals surface area (Å²) in [5, 5.41) is 21.8. The van der Waals surface area contributed by atoms with Gasteiger partial charge in [-0.15, -0.1) is 0 Å². The van der Waals surface area contributed by atoms with Crippen LogP contribution in [0.4, 0.5) is 0 Å². The Labute approximate surface area is 213 Å². The Morgan fingerprint density at radius 2 is 1.80 bits per heavy atom. The Morgan fingerprint density at radius 3 is 2.49 bits per heavy atom. The van der Waals surface area contributed by atoms with Gasteiger partial charge in [0.2, 0.25) is 0 Å². The molecule has 0 bridgehead atoms. The summed E-state index contributed by atoms with van der Waals surface area (Å²) in [6.45, 7) is 4.29. The number of benzene rings is 3. The first-order chi connectivity index (χ1) is 17.0. The van der Waals surface area contributed by atoms with Crippen LogP contribution in [0.3, 0.4) is 0 Å². The third kappa shape index (κ3) is 6.72. The normalized spacial score (nSPS) is 11.6. The Hall–Kier alpha value is -4.07. The minimum Gasteiger partial charge on any atom is -0.490 e. The summed E-state index contributed by atoms with van der Waals surface area (Å²) in [7, 11) is 0. The highest BCUT2D eigenvalue weighted by atomic mass is 79.9. The van der Waals surface area contributed by atoms with E-state index in [1.54, 1.807) is 24.3 Å². The first-order valence-corrected chi connectivity index (χ1v) is 11.8. The van der Waals surface area contributed by atoms with E-state index >= 15 is 0 Å². The average Bonchev–Trinajstić information content (AvgIpc) is 2.87. The van der Waals surface area contributed by atoms with Crippen molar-refractivity contribution in [3.63, 3.8) is 0 Å². The van der Waals surface area contributed by atoms with Gasteiger partial charge >= 0.3 is 0 Å². The molecule has 6 nitrogen and oxygen atoms in total. The van der Waals surface area contributed by atoms with Gasteiger partial charge in [-0.2, -0.15) is 10.5 Å². The number of amides is 1. The highest BCUT2D eigenvalue weighted by Gasteiger charge is 2.17. The summed E-state index contributed by atoms with van der Waals surface area (Å²) < 4.78 is 12.4. The van der Waals surface area contributed by atoms with Crippen LogP contribution in [0.5, 0.6) is 11.5 Å². The van der Waals surface area contributed by atoms with Gasteiger partial charge in [-0.25, -0.2) is 0 Å². The van der Waals surface area contributed by atoms with Crippen molar-refractivity contribution in [3.8, 4) is 23.6 Å². The topological polar surface area (TPSA) is 95.1 Å². The maximum absolute atomic E-state index is 12.7. The average molecular weight is 530 g/mol. The standard InChI is InChI=1S/C28H24BrN3O3/c1-3-34-26-15-20(13-24(17-31)28(33)32-19(2)21-9-5-4-6-10-21)14-25(29)27(26)35-18-23-12-8-7-11-22(23)16-30/h4-15,19H,3,18H2,1-2H3,(H,32,33)/b24-13-/t19-/m1/s1. The molecule has 0 heterocycles. The molecule has 0 saturated heterocycles. The minimum atomic E-state index is -0.466. The molecule has 0 aromatic heterocycles. The molecule has 0 saturated carbocycles. The molecule has 0 radical (unpaired) electrons. The van der Waals surface area contributed by atoms with Crippen molar-refractivity contribution in [1.82, 2.24) is 5.32 Å². The number of nitrogens with one attached hydrogen (secondary N) is 1. The third-order valence-corrected chi connectivity index (χ3v) is 5.75. The molecule has 0 aliphatic carbocycles. The Bertz CT molecular complexity index is 1310. The third-order valence-electron chi connectivity index (χ3n) is 5.16. The number of carbonyl (C=O) groups excluding carboxylic acids is 1. The van der Waals surface area contributed by atoms with Crippen LogP contribution < -0.4 is 14.8 Å². The fraction of sp³-hybridized carbons (Fsp3) is 0.179. The predicted octanol–water partition coefficient (Wildman–Crippen LogP) is 6.08. The predicted molar refractivity (Wildman–Crippen MR) is 137 cm³/mol. The molecule has 0 spiro atoms. The van der Waals surface area contributed by atoms with Crippen molar-refractivity contribution in [3.05, 3.63) is 99.0 Å². The zero-order valence-corrected chi connectivity index (χ0v) is 21.0. The van der Waals surface area contributed by atoms with E-state index in [0.717, 1.165) is 11.1 Å². The number of hydrogen-bond acceptors (Lipinski definition) is 5. The fourth-order valence-electron chi connectivity index (χ4n) is 3.39. The van der Waals surface area contributed by atoms with Gasteiger partial charge in [0.25, 0.3) is 5.91 Å². The summed E-state index contributed by atoms with van der Waals surface area (Å²) in [5.41, 5.74) is 2.81. The molecule has 1 N–H and O–H groups in total. The minimum absolute atomic E-state index is 0.0289. The lowest BCUT2D eigenvalue weighted by Crippen LogP contribution is -2.27. The summed E-state index contributed by atoms with van der Waals surface area (Å²) in [5.74, 6) is 0.460. The highest BCUT2D eigenvalue weighted by molar-refractivity contribution is 9.10. The molecule has 0 aliphatic rings. The monoisotopic (exact) mass is 529 g/mol. The lowest BCUT2D eigenvalue weighted by molar-refractivity contribution is -0.117. The first-order valence-electron chi connectivity index (χ1n) is 11.0. The van der Waals surface area contributed by atoms with Gasteiger partial charge in [-0.05, 0) is 65.2 Å². The van der Waals surface area contributed by atoms with Crippen molar-refractivity contribution < 1.29 is 14.3 Å². The van der Waals surface area contributed by atoms with Crippen LogP contribution in [-0.4, -0.2) is 12.5 Å². The number of hydrogen-bond donors (Lipinski definition) is 1. The lowest BCUT2D eigenvalue weighted by atomic mass is 10.1. The van der Waals surface area contributed by atoms with E-state index < -0.39 is 5.91 Å². The molecule has 3 aromatic carbocycles. The smallest absolute Gasteiger partial charge is 0.262 e. The molecule has 0 unspecified atom stereocenters. The molecular formula is C28H24BrN3O3. The number of rotatable bonds is 9. The SMILES string of the molecule is CCOc1cc(/C=C(/C#N)C(=O)N[C@H](C)c2ccccc2)cc(Br)c1OCc1ccccc1C#N. The van der Waals surface area contributed by atoms with E-state index in [-0.39, 0.29) is 18.2 Å². The van der Waals surface area contributed by atoms with E-state index in [1.807, 2.05) is 62.4 Å². The Kier molecular flexibility index (Phi) is 9.06. The van der Waals surface area contributed by atoms with Crippen LogP contribution in [0.2, 0.25) is 0 Å². The van der Waals surface area contributed by atoms with Gasteiger partial charge < -0.3 is 14.8 Å². The fourth-order valence-corrected chi connectivity index (χ4v) is 3.97. The second-order valence-electron chi connectivity index (χ2n) is 7.60. The molecule has 7 heteroatoms. The summed E-state index contributed by atoms with van der Waals surface area (Å²) >= 11 is 3.51. The molecule has 3 aromatic rings. The van der Waals surface area contributed by atoms with Crippen molar-refractivity contribution in [1.29, 1.82) is 10.5 Å². The maximum Gasteiger partial charge on any atom is 0.262 e. The zero-order chi connectivity index (χ0) is 25.2. The molecule has 1 amide bonds. The van der Waals surface area contributed by atoms with Gasteiger partial charge in [0, 0.05) is 5.56 Å². The number of halogens is 1. The van der Waals surface area contributed by atoms with E-state index in [4.69, 9.17) is 9.47 Å². The van der Waals surface area contributed by atoms with E-state index in [2.05, 4.69) is 27.3 Å². The van der Waals surface area contributed by atoms with E-state index in [9.17, 15) is 15.3 Å². The molecule has 0 aliphatic heterocycles. The number of nitrogens with zero attached hydrogens (tertiary/aromatic N) is 2. The molecule has 1 atom stereocenters. The van der Waals surface area contributed by atoms with Gasteiger partial charge in [-0.3, -0.25) is 4.79 Å². The highest BCUT2D eigenvalue weighted by Crippen LogP contribution is 2.38. The van der Waals surface area contributed by atoms with Crippen LogP contribution in [0.1, 0.15) is 42.1 Å². The summed E-state index contributed by atoms with van der Waals surface area (Å²) in [6.07, 6.45) is 1.51. The molecule has 176 valence electrons. The van der Waals surface area contributed by atoms with Crippen LogP contribution in [-0.2, 0) is 11.4 Å². The molecular weight excluding hydrogens is 506 g/mol. The quantitative estimate of drug-likeness (QED) is 0.267. The Morgan fingerprint density at radius 1 is 1.09 bits per heavy atom. The van der Waals surface area contributed by atoms with Crippen LogP contribution in [0, 0.1) is 22.7 Å². The maximum atomic E-state index is 12.7. The summed E-state index contributed by atoms with van der Waals surface area (Å²) in [6, 6.07) is 24.1. The van der Waals surface area contributed by atoms with E-state index in [1.165, 1.54) is 6.08 Å². The lowest BCUT2D eigenvalue weighted by Gasteiger charge is -2.16. The second kappa shape index (κ2) is 12.4. The number of nitriles is 2. The second-order valence-corrected chi connectivity index (χ2v) is 8.45. The van der Waals surface area contributed by atoms with Crippen molar-refractivity contribution >= 4 is 27.9 Å². The largest absolute Gasteiger partial charge is 0.490 e. The van der Waals surface area contributed by atoms with Crippen molar-refractivity contribution in [2.45, 2.75) is 26.5 Å². The molecule has 0 fully saturated rings. The van der Waals surface area contributed by atoms with Gasteiger partial charge in [0.15, 0.2) is 11.5 Å². The Balaban J connectivity index is 1.84. The number of carbonyl (C=O) groups is 1. The zero-order valence-electron chi connectivity index (χ0n) is 19.4. The van der Waals surface area contributed by atoms with Crippen LogP contribution >= 0.6 is 15.9 Å². The van der Waals surface area contributed by atoms with Crippen LogP contribution in [0.15, 0.2) is 76.8 Å². The van der Waals surface area contributed by atoms with Gasteiger partial charge in [-0.1, -0.05) is 48.5 Å². The van der Waals surface area contributed by atoms with Gasteiger partial charge in [0.05, 0.1) is 28.8 Å².